The number of oxazole rings is 1. The molecule has 0 bridgehead atoms. The molecule has 3 aromatic rings. The average molecular weight is 496 g/mol. The van der Waals surface area contributed by atoms with Crippen LogP contribution in [0.15, 0.2) is 51.4 Å². The SMILES string of the molecule is CCNC(=NCc1ccc(C)cc1C)NCc1coc(-c2cccs2)n1.I. The molecule has 0 aliphatic rings. The highest BCUT2D eigenvalue weighted by Crippen LogP contribution is 2.23. The predicted octanol–water partition coefficient (Wildman–Crippen LogP) is 4.89. The molecule has 1 aromatic carbocycles. The summed E-state index contributed by atoms with van der Waals surface area (Å²) in [6.45, 7) is 8.29. The van der Waals surface area contributed by atoms with E-state index in [1.165, 1.54) is 16.7 Å². The Hall–Kier alpha value is -1.87. The van der Waals surface area contributed by atoms with Gasteiger partial charge in [-0.15, -0.1) is 35.3 Å². The number of hydrogen-bond donors (Lipinski definition) is 2. The summed E-state index contributed by atoms with van der Waals surface area (Å²) in [7, 11) is 0. The fraction of sp³-hybridized carbons (Fsp3) is 0.300. The lowest BCUT2D eigenvalue weighted by Gasteiger charge is -2.11. The number of benzene rings is 1. The van der Waals surface area contributed by atoms with Gasteiger partial charge in [0.25, 0.3) is 0 Å². The van der Waals surface area contributed by atoms with Crippen molar-refractivity contribution >= 4 is 41.3 Å². The molecule has 144 valence electrons. The fourth-order valence-electron chi connectivity index (χ4n) is 2.61. The van der Waals surface area contributed by atoms with Crippen molar-refractivity contribution in [2.75, 3.05) is 6.54 Å². The van der Waals surface area contributed by atoms with Crippen molar-refractivity contribution in [1.82, 2.24) is 15.6 Å². The third-order valence-electron chi connectivity index (χ3n) is 3.97. The summed E-state index contributed by atoms with van der Waals surface area (Å²) >= 11 is 1.62. The molecule has 0 amide bonds. The highest BCUT2D eigenvalue weighted by Gasteiger charge is 2.08. The number of thiophene rings is 1. The van der Waals surface area contributed by atoms with Crippen LogP contribution < -0.4 is 10.6 Å². The smallest absolute Gasteiger partial charge is 0.236 e. The second-order valence-corrected chi connectivity index (χ2v) is 7.05. The molecule has 2 heterocycles. The normalized spacial score (nSPS) is 11.1. The van der Waals surface area contributed by atoms with E-state index >= 15 is 0 Å². The molecular weight excluding hydrogens is 471 g/mol. The Morgan fingerprint density at radius 3 is 2.78 bits per heavy atom. The van der Waals surface area contributed by atoms with Crippen molar-refractivity contribution in [3.8, 4) is 10.8 Å². The number of rotatable bonds is 6. The number of aryl methyl sites for hydroxylation is 2. The number of nitrogens with one attached hydrogen (secondary N) is 2. The van der Waals surface area contributed by atoms with Gasteiger partial charge < -0.3 is 15.1 Å². The molecule has 0 aliphatic carbocycles. The van der Waals surface area contributed by atoms with Gasteiger partial charge in [-0.3, -0.25) is 0 Å². The van der Waals surface area contributed by atoms with Crippen LogP contribution >= 0.6 is 35.3 Å². The average Bonchev–Trinajstić information content (AvgIpc) is 3.30. The quantitative estimate of drug-likeness (QED) is 0.290. The van der Waals surface area contributed by atoms with Gasteiger partial charge in [-0.1, -0.05) is 29.8 Å². The number of nitrogens with zero attached hydrogens (tertiary/aromatic N) is 2. The van der Waals surface area contributed by atoms with Crippen LogP contribution in [0.2, 0.25) is 0 Å². The van der Waals surface area contributed by atoms with Gasteiger partial charge in [0, 0.05) is 6.54 Å². The minimum absolute atomic E-state index is 0. The maximum Gasteiger partial charge on any atom is 0.236 e. The van der Waals surface area contributed by atoms with E-state index in [2.05, 4.69) is 59.6 Å². The highest BCUT2D eigenvalue weighted by atomic mass is 127. The molecule has 0 spiro atoms. The van der Waals surface area contributed by atoms with Crippen LogP contribution in [0.4, 0.5) is 0 Å². The Labute approximate surface area is 181 Å². The van der Waals surface area contributed by atoms with E-state index < -0.39 is 0 Å². The van der Waals surface area contributed by atoms with Crippen molar-refractivity contribution in [2.45, 2.75) is 33.9 Å². The lowest BCUT2D eigenvalue weighted by Crippen LogP contribution is -2.36. The molecule has 5 nitrogen and oxygen atoms in total. The van der Waals surface area contributed by atoms with Crippen molar-refractivity contribution in [1.29, 1.82) is 0 Å². The van der Waals surface area contributed by atoms with Crippen molar-refractivity contribution in [3.05, 3.63) is 64.4 Å². The van der Waals surface area contributed by atoms with Gasteiger partial charge in [0.15, 0.2) is 5.96 Å². The third-order valence-corrected chi connectivity index (χ3v) is 4.83. The van der Waals surface area contributed by atoms with Gasteiger partial charge in [-0.05, 0) is 43.3 Å². The first-order valence-corrected chi connectivity index (χ1v) is 9.60. The van der Waals surface area contributed by atoms with Gasteiger partial charge in [0.05, 0.1) is 23.7 Å². The molecule has 2 N–H and O–H groups in total. The van der Waals surface area contributed by atoms with E-state index in [0.29, 0.717) is 19.0 Å². The van der Waals surface area contributed by atoms with Gasteiger partial charge in [0.1, 0.15) is 6.26 Å². The summed E-state index contributed by atoms with van der Waals surface area (Å²) in [5.41, 5.74) is 4.62. The fourth-order valence-corrected chi connectivity index (χ4v) is 3.26. The van der Waals surface area contributed by atoms with Gasteiger partial charge in [-0.25, -0.2) is 9.98 Å². The van der Waals surface area contributed by atoms with Crippen LogP contribution in [-0.2, 0) is 13.1 Å². The van der Waals surface area contributed by atoms with Crippen LogP contribution in [0, 0.1) is 13.8 Å². The third kappa shape index (κ3) is 6.07. The van der Waals surface area contributed by atoms with E-state index in [4.69, 9.17) is 4.42 Å². The van der Waals surface area contributed by atoms with Crippen LogP contribution in [0.25, 0.3) is 10.8 Å². The zero-order valence-corrected chi connectivity index (χ0v) is 18.9. The molecule has 0 atom stereocenters. The summed E-state index contributed by atoms with van der Waals surface area (Å²) in [6, 6.07) is 10.4. The number of guanidine groups is 1. The molecule has 2 aromatic heterocycles. The molecule has 0 radical (unpaired) electrons. The first-order valence-electron chi connectivity index (χ1n) is 8.72. The predicted molar refractivity (Wildman–Crippen MR) is 123 cm³/mol. The van der Waals surface area contributed by atoms with Crippen molar-refractivity contribution in [3.63, 3.8) is 0 Å². The highest BCUT2D eigenvalue weighted by molar-refractivity contribution is 14.0. The monoisotopic (exact) mass is 496 g/mol. The van der Waals surface area contributed by atoms with Crippen LogP contribution in [0.5, 0.6) is 0 Å². The zero-order valence-electron chi connectivity index (χ0n) is 15.8. The van der Waals surface area contributed by atoms with Gasteiger partial charge in [-0.2, -0.15) is 0 Å². The van der Waals surface area contributed by atoms with Crippen molar-refractivity contribution in [2.24, 2.45) is 4.99 Å². The van der Waals surface area contributed by atoms with Crippen molar-refractivity contribution < 1.29 is 4.42 Å². The first kappa shape index (κ1) is 21.4. The van der Waals surface area contributed by atoms with Crippen LogP contribution in [0.1, 0.15) is 29.3 Å². The molecule has 3 rings (SSSR count). The molecule has 27 heavy (non-hydrogen) atoms. The van der Waals surface area contributed by atoms with E-state index in [1.807, 2.05) is 17.5 Å². The Kier molecular flexibility index (Phi) is 8.30. The maximum absolute atomic E-state index is 5.56. The van der Waals surface area contributed by atoms with Gasteiger partial charge >= 0.3 is 0 Å². The summed E-state index contributed by atoms with van der Waals surface area (Å²) < 4.78 is 5.56. The van der Waals surface area contributed by atoms with Crippen LogP contribution in [0.3, 0.4) is 0 Å². The molecule has 0 unspecified atom stereocenters. The lowest BCUT2D eigenvalue weighted by atomic mass is 10.1. The zero-order chi connectivity index (χ0) is 18.4. The first-order chi connectivity index (χ1) is 12.7. The Balaban J connectivity index is 0.00000261. The van der Waals surface area contributed by atoms with E-state index in [0.717, 1.165) is 23.1 Å². The number of aromatic nitrogens is 1. The Morgan fingerprint density at radius 2 is 2.07 bits per heavy atom. The minimum atomic E-state index is 0. The van der Waals surface area contributed by atoms with E-state index in [-0.39, 0.29) is 24.0 Å². The Morgan fingerprint density at radius 1 is 1.22 bits per heavy atom. The maximum atomic E-state index is 5.56. The number of hydrogen-bond acceptors (Lipinski definition) is 4. The standard InChI is InChI=1S/C20H24N4OS.HI/c1-4-21-20(22-11-16-8-7-14(2)10-15(16)3)23-12-17-13-25-19(24-17)18-6-5-9-26-18;/h5-10,13H,4,11-12H2,1-3H3,(H2,21,22,23);1H. The second-order valence-electron chi connectivity index (χ2n) is 6.10. The minimum Gasteiger partial charge on any atom is -0.443 e. The molecule has 7 heteroatoms. The lowest BCUT2D eigenvalue weighted by molar-refractivity contribution is 0.573. The van der Waals surface area contributed by atoms with E-state index in [9.17, 15) is 0 Å². The topological polar surface area (TPSA) is 62.5 Å². The summed E-state index contributed by atoms with van der Waals surface area (Å²) in [5.74, 6) is 1.43. The van der Waals surface area contributed by atoms with Crippen LogP contribution in [-0.4, -0.2) is 17.5 Å². The number of aliphatic imine (C=N–C) groups is 1. The second kappa shape index (κ2) is 10.5. The molecule has 0 saturated carbocycles. The summed E-state index contributed by atoms with van der Waals surface area (Å²) in [4.78, 5) is 10.2. The summed E-state index contributed by atoms with van der Waals surface area (Å²) in [6.07, 6.45) is 1.69. The van der Waals surface area contributed by atoms with Gasteiger partial charge in [0.2, 0.25) is 5.89 Å². The molecule has 0 aliphatic heterocycles. The Bertz CT molecular complexity index is 874. The molecule has 0 saturated heterocycles. The summed E-state index contributed by atoms with van der Waals surface area (Å²) in [5, 5.41) is 8.60. The van der Waals surface area contributed by atoms with E-state index in [1.54, 1.807) is 17.6 Å². The largest absolute Gasteiger partial charge is 0.443 e. The number of halogens is 1. The molecule has 0 fully saturated rings. The molecular formula is C20H25IN4OS.